The third-order valence-electron chi connectivity index (χ3n) is 6.24. The lowest BCUT2D eigenvalue weighted by molar-refractivity contribution is -0.119. The van der Waals surface area contributed by atoms with Gasteiger partial charge in [0.25, 0.3) is 5.56 Å². The van der Waals surface area contributed by atoms with E-state index in [2.05, 4.69) is 22.0 Å². The molecule has 7 heteroatoms. The number of aryl methyl sites for hydroxylation is 2. The van der Waals surface area contributed by atoms with Crippen molar-refractivity contribution in [3.8, 4) is 5.95 Å². The summed E-state index contributed by atoms with van der Waals surface area (Å²) in [5, 5.41) is 4.48. The second-order valence-corrected chi connectivity index (χ2v) is 9.00. The van der Waals surface area contributed by atoms with Crippen LogP contribution in [0.4, 0.5) is 0 Å². The van der Waals surface area contributed by atoms with Gasteiger partial charge in [0.1, 0.15) is 0 Å². The molecule has 0 aliphatic carbocycles. The molecule has 0 aliphatic heterocycles. The van der Waals surface area contributed by atoms with Gasteiger partial charge in [-0.25, -0.2) is 9.67 Å². The van der Waals surface area contributed by atoms with Gasteiger partial charge in [0.2, 0.25) is 11.9 Å². The van der Waals surface area contributed by atoms with Gasteiger partial charge in [0.05, 0.1) is 17.3 Å². The summed E-state index contributed by atoms with van der Waals surface area (Å²) in [6.07, 6.45) is 14.5. The molecule has 0 saturated carbocycles. The maximum absolute atomic E-state index is 12.3. The number of nitrogens with one attached hydrogen (secondary N) is 1. The van der Waals surface area contributed by atoms with E-state index >= 15 is 0 Å². The van der Waals surface area contributed by atoms with E-state index in [0.717, 1.165) is 18.5 Å². The van der Waals surface area contributed by atoms with Crippen LogP contribution in [0.5, 0.6) is 0 Å². The number of primary amides is 1. The van der Waals surface area contributed by atoms with Crippen molar-refractivity contribution < 1.29 is 4.79 Å². The zero-order valence-corrected chi connectivity index (χ0v) is 20.4. The Morgan fingerprint density at radius 3 is 2.09 bits per heavy atom. The summed E-state index contributed by atoms with van der Waals surface area (Å²) >= 11 is 0. The summed E-state index contributed by atoms with van der Waals surface area (Å²) in [4.78, 5) is 31.7. The second-order valence-electron chi connectivity index (χ2n) is 9.00. The van der Waals surface area contributed by atoms with E-state index in [0.29, 0.717) is 29.3 Å². The maximum Gasteiger partial charge on any atom is 0.255 e. The van der Waals surface area contributed by atoms with Crippen LogP contribution in [0, 0.1) is 20.8 Å². The smallest absolute Gasteiger partial charge is 0.255 e. The quantitative estimate of drug-likeness (QED) is 0.371. The number of nitrogens with two attached hydrogens (primary N) is 1. The molecule has 2 aromatic heterocycles. The molecule has 0 radical (unpaired) electrons. The molecule has 0 saturated heterocycles. The molecule has 7 nitrogen and oxygen atoms in total. The topological polar surface area (TPSA) is 107 Å². The Hall–Kier alpha value is -2.44. The van der Waals surface area contributed by atoms with E-state index in [9.17, 15) is 9.59 Å². The first kappa shape index (κ1) is 25.8. The summed E-state index contributed by atoms with van der Waals surface area (Å²) in [6.45, 7) is 7.64. The van der Waals surface area contributed by atoms with Crippen LogP contribution in [0.3, 0.4) is 0 Å². The van der Waals surface area contributed by atoms with Crippen molar-refractivity contribution in [3.63, 3.8) is 0 Å². The fourth-order valence-electron chi connectivity index (χ4n) is 4.12. The minimum atomic E-state index is -0.457. The van der Waals surface area contributed by atoms with Crippen molar-refractivity contribution in [2.45, 2.75) is 111 Å². The summed E-state index contributed by atoms with van der Waals surface area (Å²) in [6, 6.07) is 1.86. The highest BCUT2D eigenvalue weighted by molar-refractivity contribution is 5.81. The SMILES string of the molecule is CCCCCCCCCCCCCC(C(N)=O)c1cc(C)nn1-c1nc(C)c(C)c(=O)[nH]1. The number of aromatic amines is 1. The number of carbonyl (C=O) groups is 1. The third kappa shape index (κ3) is 7.61. The summed E-state index contributed by atoms with van der Waals surface area (Å²) in [5.41, 5.74) is 8.23. The lowest BCUT2D eigenvalue weighted by Gasteiger charge is -2.15. The Bertz CT molecular complexity index is 916. The van der Waals surface area contributed by atoms with Gasteiger partial charge in [-0.1, -0.05) is 77.6 Å². The zero-order chi connectivity index (χ0) is 23.5. The van der Waals surface area contributed by atoms with Crippen LogP contribution in [0.1, 0.15) is 113 Å². The van der Waals surface area contributed by atoms with Crippen molar-refractivity contribution in [1.29, 1.82) is 0 Å². The van der Waals surface area contributed by atoms with E-state index in [1.54, 1.807) is 18.5 Å². The van der Waals surface area contributed by atoms with Crippen molar-refractivity contribution in [1.82, 2.24) is 19.7 Å². The van der Waals surface area contributed by atoms with Crippen LogP contribution in [0.25, 0.3) is 5.95 Å². The lowest BCUT2D eigenvalue weighted by atomic mass is 9.96. The molecule has 2 aromatic rings. The molecule has 1 atom stereocenters. The van der Waals surface area contributed by atoms with Crippen LogP contribution < -0.4 is 11.3 Å². The minimum absolute atomic E-state index is 0.201. The van der Waals surface area contributed by atoms with E-state index in [-0.39, 0.29) is 11.5 Å². The van der Waals surface area contributed by atoms with Gasteiger partial charge in [-0.3, -0.25) is 14.6 Å². The van der Waals surface area contributed by atoms with Gasteiger partial charge in [-0.05, 0) is 33.3 Å². The normalized spacial score (nSPS) is 12.2. The molecule has 0 spiro atoms. The predicted octanol–water partition coefficient (Wildman–Crippen LogP) is 5.15. The molecule has 3 N–H and O–H groups in total. The third-order valence-corrected chi connectivity index (χ3v) is 6.24. The van der Waals surface area contributed by atoms with Crippen LogP contribution >= 0.6 is 0 Å². The molecule has 2 heterocycles. The van der Waals surface area contributed by atoms with Gasteiger partial charge in [-0.2, -0.15) is 5.10 Å². The van der Waals surface area contributed by atoms with Crippen LogP contribution in [-0.2, 0) is 4.79 Å². The number of hydrogen-bond donors (Lipinski definition) is 2. The number of hydrogen-bond acceptors (Lipinski definition) is 4. The van der Waals surface area contributed by atoms with E-state index in [1.807, 2.05) is 13.0 Å². The van der Waals surface area contributed by atoms with Crippen molar-refractivity contribution in [3.05, 3.63) is 39.1 Å². The Kier molecular flexibility index (Phi) is 10.6. The van der Waals surface area contributed by atoms with Gasteiger partial charge in [-0.15, -0.1) is 0 Å². The first-order chi connectivity index (χ1) is 15.3. The number of aromatic nitrogens is 4. The van der Waals surface area contributed by atoms with E-state index in [4.69, 9.17) is 5.73 Å². The number of H-pyrrole nitrogens is 1. The molecule has 0 fully saturated rings. The molecular weight excluding hydrogens is 402 g/mol. The number of unbranched alkanes of at least 4 members (excludes halogenated alkanes) is 10. The highest BCUT2D eigenvalue weighted by atomic mass is 16.1. The Morgan fingerprint density at radius 1 is 1.00 bits per heavy atom. The molecule has 0 aliphatic rings. The number of nitrogens with zero attached hydrogens (tertiary/aromatic N) is 3. The maximum atomic E-state index is 12.3. The number of rotatable bonds is 15. The monoisotopic (exact) mass is 443 g/mol. The molecule has 0 aromatic carbocycles. The first-order valence-electron chi connectivity index (χ1n) is 12.3. The predicted molar refractivity (Wildman–Crippen MR) is 129 cm³/mol. The van der Waals surface area contributed by atoms with Crippen molar-refractivity contribution in [2.24, 2.45) is 5.73 Å². The highest BCUT2D eigenvalue weighted by Crippen LogP contribution is 2.25. The Labute approximate surface area is 192 Å². The van der Waals surface area contributed by atoms with Gasteiger partial charge >= 0.3 is 0 Å². The van der Waals surface area contributed by atoms with Gasteiger partial charge in [0.15, 0.2) is 0 Å². The fourth-order valence-corrected chi connectivity index (χ4v) is 4.12. The van der Waals surface area contributed by atoms with Crippen LogP contribution in [0.2, 0.25) is 0 Å². The van der Waals surface area contributed by atoms with Gasteiger partial charge < -0.3 is 5.73 Å². The molecular formula is C25H41N5O2. The average Bonchev–Trinajstić information content (AvgIpc) is 3.13. The largest absolute Gasteiger partial charge is 0.369 e. The standard InChI is InChI=1S/C25H41N5O2/c1-5-6-7-8-9-10-11-12-13-14-15-16-21(23(26)31)22-17-18(2)29-30(22)25-27-20(4)19(3)24(32)28-25/h17,21H,5-16H2,1-4H3,(H2,26,31)(H,27,28,32). The van der Waals surface area contributed by atoms with Gasteiger partial charge in [0, 0.05) is 11.3 Å². The average molecular weight is 444 g/mol. The van der Waals surface area contributed by atoms with Crippen molar-refractivity contribution >= 4 is 5.91 Å². The Balaban J connectivity index is 1.91. The molecule has 0 bridgehead atoms. The number of amides is 1. The summed E-state index contributed by atoms with van der Waals surface area (Å²) in [5.74, 6) is -0.502. The van der Waals surface area contributed by atoms with Crippen LogP contribution in [0.15, 0.2) is 10.9 Å². The molecule has 1 amide bonds. The highest BCUT2D eigenvalue weighted by Gasteiger charge is 2.24. The second kappa shape index (κ2) is 13.2. The lowest BCUT2D eigenvalue weighted by Crippen LogP contribution is -2.25. The van der Waals surface area contributed by atoms with E-state index in [1.165, 1.54) is 57.8 Å². The number of carbonyl (C=O) groups excluding carboxylic acids is 1. The molecule has 178 valence electrons. The van der Waals surface area contributed by atoms with E-state index < -0.39 is 5.92 Å². The molecule has 2 rings (SSSR count). The minimum Gasteiger partial charge on any atom is -0.369 e. The first-order valence-corrected chi connectivity index (χ1v) is 12.3. The summed E-state index contributed by atoms with van der Waals surface area (Å²) in [7, 11) is 0. The zero-order valence-electron chi connectivity index (χ0n) is 20.4. The fraction of sp³-hybridized carbons (Fsp3) is 0.680. The summed E-state index contributed by atoms with van der Waals surface area (Å²) < 4.78 is 1.57. The Morgan fingerprint density at radius 2 is 1.56 bits per heavy atom. The van der Waals surface area contributed by atoms with Crippen molar-refractivity contribution in [2.75, 3.05) is 0 Å². The molecule has 1 unspecified atom stereocenters. The molecule has 32 heavy (non-hydrogen) atoms. The van der Waals surface area contributed by atoms with Crippen LogP contribution in [-0.4, -0.2) is 25.7 Å².